The molecule has 0 aliphatic carbocycles. The van der Waals surface area contributed by atoms with Crippen molar-refractivity contribution in [3.05, 3.63) is 71.4 Å². The van der Waals surface area contributed by atoms with Crippen LogP contribution in [0.5, 0.6) is 0 Å². The second-order valence-electron chi connectivity index (χ2n) is 5.34. The van der Waals surface area contributed by atoms with E-state index in [1.165, 1.54) is 43.3 Å². The van der Waals surface area contributed by atoms with Crippen molar-refractivity contribution in [1.29, 1.82) is 0 Å². The number of esters is 1. The van der Waals surface area contributed by atoms with Gasteiger partial charge in [0.1, 0.15) is 0 Å². The molecule has 0 N–H and O–H groups in total. The maximum Gasteiger partial charge on any atom is 0.434 e. The van der Waals surface area contributed by atoms with E-state index in [9.17, 15) is 22.8 Å². The summed E-state index contributed by atoms with van der Waals surface area (Å²) in [6.45, 7) is 1.40. The van der Waals surface area contributed by atoms with Gasteiger partial charge < -0.3 is 9.15 Å². The first-order valence-corrected chi connectivity index (χ1v) is 7.85. The van der Waals surface area contributed by atoms with Crippen molar-refractivity contribution in [2.45, 2.75) is 13.1 Å². The topological polar surface area (TPSA) is 74.3 Å². The molecule has 0 unspecified atom stereocenters. The maximum atomic E-state index is 13.9. The van der Waals surface area contributed by atoms with Crippen molar-refractivity contribution in [2.75, 3.05) is 6.61 Å². The van der Waals surface area contributed by atoms with E-state index in [1.807, 2.05) is 0 Å². The number of halogens is 3. The molecule has 0 aliphatic heterocycles. The molecule has 1 aromatic carbocycles. The van der Waals surface area contributed by atoms with Crippen LogP contribution in [0, 0.1) is 0 Å². The molecule has 2 heterocycles. The van der Waals surface area contributed by atoms with Crippen LogP contribution in [0.3, 0.4) is 0 Å². The molecule has 2 aromatic heterocycles. The van der Waals surface area contributed by atoms with E-state index in [4.69, 9.17) is 9.15 Å². The molecular formula is C18H13F3N2O4. The SMILES string of the molecule is CCOC(=O)c1nn(-c2ccccc2)c(C(F)(F)F)c1C(=O)c1ccco1. The lowest BCUT2D eigenvalue weighted by Gasteiger charge is -2.11. The first kappa shape index (κ1) is 18.4. The molecule has 0 aliphatic rings. The fraction of sp³-hybridized carbons (Fsp3) is 0.167. The highest BCUT2D eigenvalue weighted by atomic mass is 19.4. The Morgan fingerprint density at radius 2 is 1.85 bits per heavy atom. The molecule has 140 valence electrons. The smallest absolute Gasteiger partial charge is 0.434 e. The second-order valence-corrected chi connectivity index (χ2v) is 5.34. The summed E-state index contributed by atoms with van der Waals surface area (Å²) < 4.78 is 51.8. The van der Waals surface area contributed by atoms with Crippen LogP contribution >= 0.6 is 0 Å². The summed E-state index contributed by atoms with van der Waals surface area (Å²) in [5.41, 5.74) is -2.98. The molecule has 9 heteroatoms. The van der Waals surface area contributed by atoms with E-state index in [1.54, 1.807) is 6.07 Å². The number of carbonyl (C=O) groups is 2. The van der Waals surface area contributed by atoms with Gasteiger partial charge in [-0.2, -0.15) is 18.3 Å². The first-order chi connectivity index (χ1) is 12.8. The van der Waals surface area contributed by atoms with E-state index in [0.717, 1.165) is 6.26 Å². The number of ether oxygens (including phenoxy) is 1. The number of ketones is 1. The summed E-state index contributed by atoms with van der Waals surface area (Å²) in [4.78, 5) is 24.9. The molecule has 27 heavy (non-hydrogen) atoms. The van der Waals surface area contributed by atoms with Crippen LogP contribution in [0.4, 0.5) is 13.2 Å². The van der Waals surface area contributed by atoms with Gasteiger partial charge in [0.15, 0.2) is 17.1 Å². The van der Waals surface area contributed by atoms with E-state index < -0.39 is 34.9 Å². The number of rotatable bonds is 5. The third-order valence-electron chi connectivity index (χ3n) is 3.60. The third-order valence-corrected chi connectivity index (χ3v) is 3.60. The molecule has 6 nitrogen and oxygen atoms in total. The van der Waals surface area contributed by atoms with Crippen LogP contribution in [-0.4, -0.2) is 28.1 Å². The van der Waals surface area contributed by atoms with Gasteiger partial charge in [0.2, 0.25) is 5.78 Å². The molecule has 0 bridgehead atoms. The lowest BCUT2D eigenvalue weighted by molar-refractivity contribution is -0.143. The van der Waals surface area contributed by atoms with Crippen molar-refractivity contribution >= 4 is 11.8 Å². The Balaban J connectivity index is 2.32. The van der Waals surface area contributed by atoms with Gasteiger partial charge in [-0.15, -0.1) is 0 Å². The van der Waals surface area contributed by atoms with Gasteiger partial charge in [-0.1, -0.05) is 18.2 Å². The molecule has 0 radical (unpaired) electrons. The molecule has 0 atom stereocenters. The normalized spacial score (nSPS) is 11.4. The van der Waals surface area contributed by atoms with Gasteiger partial charge in [-0.3, -0.25) is 4.79 Å². The van der Waals surface area contributed by atoms with Gasteiger partial charge in [-0.05, 0) is 31.2 Å². The maximum absolute atomic E-state index is 13.9. The van der Waals surface area contributed by atoms with Crippen LogP contribution in [0.15, 0.2) is 53.1 Å². The van der Waals surface area contributed by atoms with Crippen LogP contribution in [0.25, 0.3) is 5.69 Å². The van der Waals surface area contributed by atoms with Crippen LogP contribution in [0.2, 0.25) is 0 Å². The van der Waals surface area contributed by atoms with Crippen molar-refractivity contribution in [3.63, 3.8) is 0 Å². The highest BCUT2D eigenvalue weighted by Gasteiger charge is 2.44. The predicted molar refractivity (Wildman–Crippen MR) is 86.7 cm³/mol. The summed E-state index contributed by atoms with van der Waals surface area (Å²) in [7, 11) is 0. The van der Waals surface area contributed by atoms with Crippen LogP contribution in [0.1, 0.15) is 39.2 Å². The summed E-state index contributed by atoms with van der Waals surface area (Å²) in [5, 5.41) is 3.76. The van der Waals surface area contributed by atoms with E-state index in [0.29, 0.717) is 4.68 Å². The Hall–Kier alpha value is -3.36. The van der Waals surface area contributed by atoms with Gasteiger partial charge in [0, 0.05) is 0 Å². The van der Waals surface area contributed by atoms with Gasteiger partial charge >= 0.3 is 12.1 Å². The minimum Gasteiger partial charge on any atom is -0.461 e. The van der Waals surface area contributed by atoms with E-state index >= 15 is 0 Å². The minimum atomic E-state index is -4.97. The van der Waals surface area contributed by atoms with E-state index in [-0.39, 0.29) is 18.1 Å². The number of nitrogens with zero attached hydrogens (tertiary/aromatic N) is 2. The number of alkyl halides is 3. The molecular weight excluding hydrogens is 365 g/mol. The highest BCUT2D eigenvalue weighted by Crippen LogP contribution is 2.36. The van der Waals surface area contributed by atoms with Crippen molar-refractivity contribution in [1.82, 2.24) is 9.78 Å². The zero-order chi connectivity index (χ0) is 19.6. The average Bonchev–Trinajstić information content (AvgIpc) is 3.29. The molecule has 0 spiro atoms. The lowest BCUT2D eigenvalue weighted by atomic mass is 10.1. The second kappa shape index (κ2) is 7.10. The number of para-hydroxylation sites is 1. The van der Waals surface area contributed by atoms with Gasteiger partial charge in [-0.25, -0.2) is 9.48 Å². The molecule has 0 amide bonds. The lowest BCUT2D eigenvalue weighted by Crippen LogP contribution is -2.18. The summed E-state index contributed by atoms with van der Waals surface area (Å²) in [5.74, 6) is -2.59. The van der Waals surface area contributed by atoms with E-state index in [2.05, 4.69) is 5.10 Å². The Bertz CT molecular complexity index is 961. The zero-order valence-electron chi connectivity index (χ0n) is 14.0. The Kier molecular flexibility index (Phi) is 4.85. The Labute approximate surface area is 151 Å². The Morgan fingerprint density at radius 1 is 1.15 bits per heavy atom. The monoisotopic (exact) mass is 378 g/mol. The summed E-state index contributed by atoms with van der Waals surface area (Å²) >= 11 is 0. The average molecular weight is 378 g/mol. The number of hydrogen-bond donors (Lipinski definition) is 0. The number of carbonyl (C=O) groups excluding carboxylic acids is 2. The summed E-state index contributed by atoms with van der Waals surface area (Å²) in [6, 6.07) is 9.94. The van der Waals surface area contributed by atoms with Gasteiger partial charge in [0.25, 0.3) is 0 Å². The fourth-order valence-corrected chi connectivity index (χ4v) is 2.52. The summed E-state index contributed by atoms with van der Waals surface area (Å²) in [6.07, 6.45) is -3.82. The third kappa shape index (κ3) is 3.48. The molecule has 3 aromatic rings. The number of furan rings is 1. The number of benzene rings is 1. The molecule has 0 saturated carbocycles. The number of hydrogen-bond acceptors (Lipinski definition) is 5. The standard InChI is InChI=1S/C18H13F3N2O4/c1-2-26-17(25)14-13(15(24)12-9-6-10-27-12)16(18(19,20)21)23(22-14)11-7-4-3-5-8-11/h3-10H,2H2,1H3. The van der Waals surface area contributed by atoms with Crippen molar-refractivity contribution in [3.8, 4) is 5.69 Å². The minimum absolute atomic E-state index is 0.0360. The quantitative estimate of drug-likeness (QED) is 0.497. The zero-order valence-corrected chi connectivity index (χ0v) is 14.0. The fourth-order valence-electron chi connectivity index (χ4n) is 2.52. The van der Waals surface area contributed by atoms with Crippen molar-refractivity contribution in [2.24, 2.45) is 0 Å². The molecule has 3 rings (SSSR count). The first-order valence-electron chi connectivity index (χ1n) is 7.85. The van der Waals surface area contributed by atoms with Gasteiger partial charge in [0.05, 0.1) is 24.1 Å². The van der Waals surface area contributed by atoms with Crippen molar-refractivity contribution < 1.29 is 31.9 Å². The Morgan fingerprint density at radius 3 is 2.41 bits per heavy atom. The molecule has 0 saturated heterocycles. The predicted octanol–water partition coefficient (Wildman–Crippen LogP) is 3.89. The number of aromatic nitrogens is 2. The highest BCUT2D eigenvalue weighted by molar-refractivity contribution is 6.13. The molecule has 0 fully saturated rings. The van der Waals surface area contributed by atoms with Crippen LogP contribution < -0.4 is 0 Å². The largest absolute Gasteiger partial charge is 0.461 e. The van der Waals surface area contributed by atoms with Crippen LogP contribution in [-0.2, 0) is 10.9 Å².